The van der Waals surface area contributed by atoms with Gasteiger partial charge >= 0.3 is 5.97 Å². The predicted octanol–water partition coefficient (Wildman–Crippen LogP) is -8.55. The summed E-state index contributed by atoms with van der Waals surface area (Å²) < 4.78 is 106. The Morgan fingerprint density at radius 1 is 0.384 bits per heavy atom. The van der Waals surface area contributed by atoms with Crippen molar-refractivity contribution in [1.82, 2.24) is 0 Å². The number of ether oxygens (including phenoxy) is 18. The first kappa shape index (κ1) is 98.6. The van der Waals surface area contributed by atoms with Crippen LogP contribution in [-0.2, 0) is 90.1 Å². The summed E-state index contributed by atoms with van der Waals surface area (Å²) in [6, 6.07) is 0. The number of carbonyl (C=O) groups is 1. The van der Waals surface area contributed by atoms with E-state index in [0.29, 0.717) is 51.4 Å². The first-order chi connectivity index (χ1) is 58.7. The van der Waals surface area contributed by atoms with Crippen LogP contribution in [-0.4, -0.2) is 438 Å². The highest BCUT2D eigenvalue weighted by molar-refractivity contribution is 5.79. The number of carbonyl (C=O) groups excluding carboxylic acids is 1. The molecule has 24 N–H and O–H groups in total. The predicted molar refractivity (Wildman–Crippen MR) is 410 cm³/mol. The normalized spacial score (nSPS) is 54.9. The molecule has 125 heavy (non-hydrogen) atoms. The highest BCUT2D eigenvalue weighted by Crippen LogP contribution is 2.76. The summed E-state index contributed by atoms with van der Waals surface area (Å²) in [4.78, 5) is 15.4. The third kappa shape index (κ3) is 18.0. The summed E-state index contributed by atoms with van der Waals surface area (Å²) >= 11 is 0. The Kier molecular flexibility index (Phi) is 30.0. The molecule has 0 spiro atoms. The molecule has 0 aromatic rings. The maximum Gasteiger partial charge on any atom is 0.315 e. The molecular weight excluding hydrogens is 1670 g/mol. The highest BCUT2D eigenvalue weighted by Gasteiger charge is 2.71. The fourth-order valence-electron chi connectivity index (χ4n) is 23.0. The standard InChI is InChI=1S/C82H134O43/c1-28-42(86)49(93)56(100)67(112-28)109-25-36-46(90)51(95)58(102)72(118-36)122-64-35(23-84)116-71(61(105)54(64)98)117-38-27-111-69(55(99)48(38)92)123-65-44(88)30(3)114-74(62(65)106)124-66-45(89)33(85)24-108-75(66)120-41-14-15-79(8)39(78(41,6)7)13-16-81(10)40(79)12-11-31-32-21-77(4,5)17-19-82(32,20-18-80(31,81)9)76(107)125-73-59(103)52(96)47(91)37(119-73)26-110-68-60(104)53(97)63(34(22-83)115-68)121-70-57(101)50(94)43(87)29(2)113-70/h11,28-30,32-75,83-106H,12-27H2,1-10H3/t28?,29?,30?,32-,33?,34?,35?,36?,37?,38?,39-,40+,41-,42?,43?,44?,45?,46?,47?,48?,49?,50?,51?,52?,53?,54?,55?,56?,57?,58?,59?,60?,61?,62+,63?,64?,65?,66?,67?,68?,69?,70?,71?,72?,73?,74?,75?,79-,80+,81+,82-/m0/s1. The highest BCUT2D eigenvalue weighted by atomic mass is 16.8. The van der Waals surface area contributed by atoms with Gasteiger partial charge in [-0.25, -0.2) is 0 Å². The monoisotopic (exact) mass is 1810 g/mol. The fourth-order valence-corrected chi connectivity index (χ4v) is 23.0. The Morgan fingerprint density at radius 2 is 0.832 bits per heavy atom. The Balaban J connectivity index is 0.590. The van der Waals surface area contributed by atoms with Crippen LogP contribution in [0.5, 0.6) is 0 Å². The lowest BCUT2D eigenvalue weighted by molar-refractivity contribution is -0.387. The summed E-state index contributed by atoms with van der Waals surface area (Å²) in [6.07, 6.45) is -65.8. The van der Waals surface area contributed by atoms with Gasteiger partial charge in [-0.3, -0.25) is 4.79 Å². The van der Waals surface area contributed by atoms with Gasteiger partial charge in [0.15, 0.2) is 50.3 Å². The molecule has 720 valence electrons. The molecule has 0 bridgehead atoms. The van der Waals surface area contributed by atoms with Crippen LogP contribution < -0.4 is 0 Å². The van der Waals surface area contributed by atoms with Crippen molar-refractivity contribution in [1.29, 1.82) is 0 Å². The molecule has 9 aliphatic heterocycles. The Bertz CT molecular complexity index is 3610. The van der Waals surface area contributed by atoms with E-state index in [4.69, 9.17) is 85.3 Å². The lowest BCUT2D eigenvalue weighted by atomic mass is 9.33. The lowest BCUT2D eigenvalue weighted by Gasteiger charge is -2.71. The largest absolute Gasteiger partial charge is 0.432 e. The minimum atomic E-state index is -2.09. The molecule has 14 aliphatic rings. The maximum absolute atomic E-state index is 15.4. The van der Waals surface area contributed by atoms with Crippen LogP contribution in [0.1, 0.15) is 133 Å². The zero-order chi connectivity index (χ0) is 91.0. The van der Waals surface area contributed by atoms with E-state index in [9.17, 15) is 123 Å². The number of rotatable bonds is 22. The van der Waals surface area contributed by atoms with E-state index in [1.54, 1.807) is 0 Å². The number of allylic oxidation sites excluding steroid dienone is 2. The zero-order valence-electron chi connectivity index (χ0n) is 71.5. The van der Waals surface area contributed by atoms with Crippen molar-refractivity contribution in [2.75, 3.05) is 39.6 Å². The Morgan fingerprint density at radius 3 is 1.42 bits per heavy atom. The van der Waals surface area contributed by atoms with Gasteiger partial charge in [0.1, 0.15) is 189 Å². The van der Waals surface area contributed by atoms with Crippen molar-refractivity contribution in [2.24, 2.45) is 50.2 Å². The SMILES string of the molecule is CC1OC(OCC2OC(OC3C(CO)OC(OC4COC(OC5C(O)C(C)OC(OC6C(O[C@H]7CC[C@]8(C)[C@H]9CC=C%10[C@@H]%11CC(C)(C)CC[C@]%11(C(=O)OC%11OC(COC%12OC(CO)C(OC%13OC(C)C(O)C(O)C%13O)C(O)C%12O)C(O)C(O)C%11O)CC[C@@]%10(C)[C@]9(C)CC[C@H]8C7(C)C)OCC(O)C6O)[C@@H]5O)C(O)C4O)C(O)C3O)C(O)C(O)C2O)C(O)C(O)C1O. The van der Waals surface area contributed by atoms with Crippen molar-refractivity contribution in [3.8, 4) is 0 Å². The summed E-state index contributed by atoms with van der Waals surface area (Å²) in [7, 11) is 0. The number of hydrogen-bond acceptors (Lipinski definition) is 43. The summed E-state index contributed by atoms with van der Waals surface area (Å²) in [6.45, 7) is 15.7. The molecule has 0 amide bonds. The average molecular weight is 1810 g/mol. The number of aliphatic hydroxyl groups excluding tert-OH is 24. The first-order valence-corrected chi connectivity index (χ1v) is 43.8. The molecule has 0 radical (unpaired) electrons. The lowest BCUT2D eigenvalue weighted by Crippen LogP contribution is -2.67. The molecular formula is C82H134O43. The molecule has 9 saturated heterocycles. The van der Waals surface area contributed by atoms with Crippen LogP contribution in [0.25, 0.3) is 0 Å². The molecule has 5 aliphatic carbocycles. The molecule has 51 atom stereocenters. The summed E-state index contributed by atoms with van der Waals surface area (Å²) in [5, 5.41) is 264. The smallest absolute Gasteiger partial charge is 0.315 e. The van der Waals surface area contributed by atoms with Crippen LogP contribution in [0.4, 0.5) is 0 Å². The van der Waals surface area contributed by atoms with Crippen LogP contribution >= 0.6 is 0 Å². The number of esters is 1. The van der Waals surface area contributed by atoms with E-state index in [1.165, 1.54) is 20.8 Å². The maximum atomic E-state index is 15.4. The van der Waals surface area contributed by atoms with Crippen LogP contribution in [0, 0.1) is 50.2 Å². The second kappa shape index (κ2) is 38.0. The van der Waals surface area contributed by atoms with Crippen molar-refractivity contribution in [3.63, 3.8) is 0 Å². The van der Waals surface area contributed by atoms with Crippen molar-refractivity contribution < 1.29 is 213 Å². The second-order valence-electron chi connectivity index (χ2n) is 39.4. The van der Waals surface area contributed by atoms with Gasteiger partial charge in [0.2, 0.25) is 6.29 Å². The second-order valence-corrected chi connectivity index (χ2v) is 39.4. The van der Waals surface area contributed by atoms with Crippen molar-refractivity contribution >= 4 is 5.97 Å². The van der Waals surface area contributed by atoms with Gasteiger partial charge < -0.3 is 208 Å². The number of aliphatic hydroxyl groups is 24. The first-order valence-electron chi connectivity index (χ1n) is 43.8. The molecule has 43 heteroatoms. The third-order valence-electron chi connectivity index (χ3n) is 31.1. The van der Waals surface area contributed by atoms with E-state index >= 15 is 4.79 Å². The van der Waals surface area contributed by atoms with E-state index in [1.807, 2.05) is 0 Å². The Hall–Kier alpha value is -2.43. The molecule has 0 aromatic carbocycles. The molecule has 42 unspecified atom stereocenters. The van der Waals surface area contributed by atoms with Crippen LogP contribution in [0.15, 0.2) is 11.6 Å². The zero-order valence-corrected chi connectivity index (χ0v) is 71.5. The molecule has 4 saturated carbocycles. The average Bonchev–Trinajstić information content (AvgIpc) is 0.673. The van der Waals surface area contributed by atoms with Gasteiger partial charge in [-0.1, -0.05) is 60.1 Å². The van der Waals surface area contributed by atoms with Crippen molar-refractivity contribution in [2.45, 2.75) is 404 Å². The van der Waals surface area contributed by atoms with Crippen LogP contribution in [0.2, 0.25) is 0 Å². The molecule has 43 nitrogen and oxygen atoms in total. The van der Waals surface area contributed by atoms with Gasteiger partial charge in [0.05, 0.1) is 69.5 Å². The third-order valence-corrected chi connectivity index (χ3v) is 31.1. The Labute approximate surface area is 721 Å². The van der Waals surface area contributed by atoms with Crippen molar-refractivity contribution in [3.05, 3.63) is 11.6 Å². The molecule has 9 heterocycles. The van der Waals surface area contributed by atoms with Gasteiger partial charge in [-0.15, -0.1) is 0 Å². The topological polar surface area (TPSA) is 669 Å². The minimum absolute atomic E-state index is 0.0268. The number of hydrogen-bond donors (Lipinski definition) is 24. The van der Waals surface area contributed by atoms with Gasteiger partial charge in [0, 0.05) is 0 Å². The molecule has 14 rings (SSSR count). The summed E-state index contributed by atoms with van der Waals surface area (Å²) in [5.74, 6) is -0.851. The van der Waals surface area contributed by atoms with E-state index in [2.05, 4.69) is 54.5 Å². The van der Waals surface area contributed by atoms with Gasteiger partial charge in [0.25, 0.3) is 0 Å². The molecule has 0 aromatic heterocycles. The van der Waals surface area contributed by atoms with E-state index < -0.39 is 325 Å². The van der Waals surface area contributed by atoms with Crippen LogP contribution in [0.3, 0.4) is 0 Å². The van der Waals surface area contributed by atoms with E-state index in [-0.39, 0.29) is 40.6 Å². The fraction of sp³-hybridized carbons (Fsp3) is 0.963. The minimum Gasteiger partial charge on any atom is -0.432 e. The van der Waals surface area contributed by atoms with E-state index in [0.717, 1.165) is 18.4 Å². The number of fused-ring (bicyclic) bond motifs is 7. The van der Waals surface area contributed by atoms with Gasteiger partial charge in [-0.2, -0.15) is 0 Å². The molecule has 13 fully saturated rings. The quantitative estimate of drug-likeness (QED) is 0.0272. The summed E-state index contributed by atoms with van der Waals surface area (Å²) in [5.41, 5.74) is -1.87. The van der Waals surface area contributed by atoms with Gasteiger partial charge in [-0.05, 0) is 130 Å².